The Morgan fingerprint density at radius 2 is 2.00 bits per heavy atom. The third kappa shape index (κ3) is 2.11. The molecule has 1 N–H and O–H groups in total. The molecule has 0 amide bonds. The van der Waals surface area contributed by atoms with E-state index in [0.717, 1.165) is 12.0 Å². The first-order valence-electron chi connectivity index (χ1n) is 7.97. The molecule has 0 radical (unpaired) electrons. The normalized spacial score (nSPS) is 34.8. The van der Waals surface area contributed by atoms with Gasteiger partial charge >= 0.3 is 0 Å². The van der Waals surface area contributed by atoms with Crippen LogP contribution in [0.3, 0.4) is 0 Å². The van der Waals surface area contributed by atoms with Crippen molar-refractivity contribution in [1.29, 1.82) is 0 Å². The molecule has 2 aliphatic heterocycles. The fourth-order valence-corrected chi connectivity index (χ4v) is 4.44. The smallest absolute Gasteiger partial charge is 0.0351 e. The molecule has 4 rings (SSSR count). The zero-order chi connectivity index (χ0) is 12.7. The van der Waals surface area contributed by atoms with E-state index >= 15 is 0 Å². The molecule has 1 aliphatic carbocycles. The van der Waals surface area contributed by atoms with E-state index in [9.17, 15) is 0 Å². The number of nitrogens with one attached hydrogen (secondary N) is 1. The summed E-state index contributed by atoms with van der Waals surface area (Å²) >= 11 is 0. The molecular formula is C17H24N2. The minimum atomic E-state index is 0.692. The number of hydrogen-bond donors (Lipinski definition) is 1. The summed E-state index contributed by atoms with van der Waals surface area (Å²) in [7, 11) is 0. The van der Waals surface area contributed by atoms with Crippen molar-refractivity contribution in [3.63, 3.8) is 0 Å². The van der Waals surface area contributed by atoms with Gasteiger partial charge in [0.25, 0.3) is 0 Å². The van der Waals surface area contributed by atoms with Crippen LogP contribution in [0.4, 0.5) is 0 Å². The lowest BCUT2D eigenvalue weighted by molar-refractivity contribution is 0.212. The summed E-state index contributed by atoms with van der Waals surface area (Å²) in [4.78, 5) is 2.77. The van der Waals surface area contributed by atoms with Crippen LogP contribution in [0.15, 0.2) is 24.3 Å². The number of fused-ring (bicyclic) bond motifs is 2. The number of piperidine rings is 1. The van der Waals surface area contributed by atoms with Gasteiger partial charge in [0.05, 0.1) is 0 Å². The molecule has 0 aromatic heterocycles. The molecule has 2 nitrogen and oxygen atoms in total. The molecule has 1 aromatic rings. The Hall–Kier alpha value is -0.860. The molecule has 2 heteroatoms. The van der Waals surface area contributed by atoms with Crippen molar-refractivity contribution in [3.8, 4) is 0 Å². The number of benzene rings is 1. The topological polar surface area (TPSA) is 15.3 Å². The second kappa shape index (κ2) is 4.92. The van der Waals surface area contributed by atoms with Crippen molar-refractivity contribution in [3.05, 3.63) is 35.4 Å². The monoisotopic (exact) mass is 256 g/mol. The Balaban J connectivity index is 1.57. The summed E-state index contributed by atoms with van der Waals surface area (Å²) in [6, 6.07) is 10.6. The minimum Gasteiger partial charge on any atom is -0.312 e. The van der Waals surface area contributed by atoms with Gasteiger partial charge in [-0.15, -0.1) is 0 Å². The second-order valence-corrected chi connectivity index (χ2v) is 6.52. The summed E-state index contributed by atoms with van der Waals surface area (Å²) in [6.45, 7) is 3.82. The van der Waals surface area contributed by atoms with Gasteiger partial charge in [0, 0.05) is 25.2 Å². The van der Waals surface area contributed by atoms with Gasteiger partial charge in [-0.1, -0.05) is 24.3 Å². The van der Waals surface area contributed by atoms with Crippen LogP contribution < -0.4 is 5.32 Å². The zero-order valence-electron chi connectivity index (χ0n) is 11.6. The molecule has 1 aromatic carbocycles. The van der Waals surface area contributed by atoms with E-state index in [1.807, 2.05) is 0 Å². The van der Waals surface area contributed by atoms with Crippen LogP contribution in [-0.2, 0) is 6.42 Å². The predicted octanol–water partition coefficient (Wildman–Crippen LogP) is 2.75. The Bertz CT molecular complexity index is 442. The van der Waals surface area contributed by atoms with Crippen molar-refractivity contribution >= 4 is 0 Å². The van der Waals surface area contributed by atoms with E-state index in [0.29, 0.717) is 6.04 Å². The average Bonchev–Trinajstić information content (AvgIpc) is 2.90. The summed E-state index contributed by atoms with van der Waals surface area (Å²) in [5.74, 6) is 0.905. The number of likely N-dealkylation sites (tertiary alicyclic amines) is 1. The maximum Gasteiger partial charge on any atom is 0.0351 e. The van der Waals surface area contributed by atoms with Gasteiger partial charge in [-0.25, -0.2) is 0 Å². The summed E-state index contributed by atoms with van der Waals surface area (Å²) in [5.41, 5.74) is 3.22. The molecule has 0 saturated carbocycles. The van der Waals surface area contributed by atoms with Crippen LogP contribution in [-0.4, -0.2) is 30.6 Å². The SMILES string of the molecule is c1ccc2c(c1)CCCC2N1CC2CCCNC2C1. The lowest BCUT2D eigenvalue weighted by Gasteiger charge is -2.33. The number of aryl methyl sites for hydroxylation is 1. The van der Waals surface area contributed by atoms with Crippen molar-refractivity contribution < 1.29 is 0 Å². The molecule has 2 heterocycles. The maximum atomic E-state index is 3.73. The van der Waals surface area contributed by atoms with Gasteiger partial charge in [-0.05, 0) is 55.7 Å². The minimum absolute atomic E-state index is 0.692. The van der Waals surface area contributed by atoms with Crippen molar-refractivity contribution in [1.82, 2.24) is 10.2 Å². The fraction of sp³-hybridized carbons (Fsp3) is 0.647. The number of hydrogen-bond acceptors (Lipinski definition) is 2. The summed E-state index contributed by atoms with van der Waals surface area (Å²) in [5, 5.41) is 3.73. The fourth-order valence-electron chi connectivity index (χ4n) is 4.44. The van der Waals surface area contributed by atoms with Crippen LogP contribution >= 0.6 is 0 Å². The van der Waals surface area contributed by atoms with Crippen LogP contribution in [0.2, 0.25) is 0 Å². The van der Waals surface area contributed by atoms with Crippen LogP contribution in [0.5, 0.6) is 0 Å². The Morgan fingerprint density at radius 3 is 2.95 bits per heavy atom. The first-order valence-corrected chi connectivity index (χ1v) is 7.97. The maximum absolute atomic E-state index is 3.73. The van der Waals surface area contributed by atoms with Gasteiger partial charge in [-0.3, -0.25) is 4.90 Å². The molecule has 3 atom stereocenters. The molecule has 19 heavy (non-hydrogen) atoms. The summed E-state index contributed by atoms with van der Waals surface area (Å²) < 4.78 is 0. The van der Waals surface area contributed by atoms with Crippen LogP contribution in [0.1, 0.15) is 42.9 Å². The molecule has 0 spiro atoms. The van der Waals surface area contributed by atoms with E-state index in [2.05, 4.69) is 34.5 Å². The standard InChI is InChI=1S/C17H24N2/c1-2-8-15-13(5-1)6-3-9-17(15)19-11-14-7-4-10-18-16(14)12-19/h1-2,5,8,14,16-18H,3-4,6-7,9-12H2. The van der Waals surface area contributed by atoms with Crippen LogP contribution in [0, 0.1) is 5.92 Å². The van der Waals surface area contributed by atoms with Gasteiger partial charge < -0.3 is 5.32 Å². The lowest BCUT2D eigenvalue weighted by Crippen LogP contribution is -2.41. The first kappa shape index (κ1) is 11.9. The lowest BCUT2D eigenvalue weighted by atomic mass is 9.87. The van der Waals surface area contributed by atoms with E-state index in [-0.39, 0.29) is 0 Å². The molecule has 0 bridgehead atoms. The third-order valence-electron chi connectivity index (χ3n) is 5.41. The molecule has 2 fully saturated rings. The van der Waals surface area contributed by atoms with E-state index in [1.54, 1.807) is 11.1 Å². The molecular weight excluding hydrogens is 232 g/mol. The van der Waals surface area contributed by atoms with E-state index < -0.39 is 0 Å². The zero-order valence-corrected chi connectivity index (χ0v) is 11.6. The third-order valence-corrected chi connectivity index (χ3v) is 5.41. The average molecular weight is 256 g/mol. The molecule has 3 unspecified atom stereocenters. The van der Waals surface area contributed by atoms with Gasteiger partial charge in [0.2, 0.25) is 0 Å². The highest BCUT2D eigenvalue weighted by molar-refractivity contribution is 5.32. The number of nitrogens with zero attached hydrogens (tertiary/aromatic N) is 1. The van der Waals surface area contributed by atoms with E-state index in [4.69, 9.17) is 0 Å². The second-order valence-electron chi connectivity index (χ2n) is 6.52. The van der Waals surface area contributed by atoms with Crippen molar-refractivity contribution in [2.24, 2.45) is 5.92 Å². The highest BCUT2D eigenvalue weighted by Crippen LogP contribution is 2.38. The Kier molecular flexibility index (Phi) is 3.08. The largest absolute Gasteiger partial charge is 0.312 e. The Labute approximate surface area is 116 Å². The quantitative estimate of drug-likeness (QED) is 0.831. The first-order chi connectivity index (χ1) is 9.42. The molecule has 2 saturated heterocycles. The predicted molar refractivity (Wildman–Crippen MR) is 78.2 cm³/mol. The van der Waals surface area contributed by atoms with Gasteiger partial charge in [0.1, 0.15) is 0 Å². The Morgan fingerprint density at radius 1 is 1.05 bits per heavy atom. The highest BCUT2D eigenvalue weighted by Gasteiger charge is 2.38. The molecule has 3 aliphatic rings. The van der Waals surface area contributed by atoms with Crippen LogP contribution in [0.25, 0.3) is 0 Å². The van der Waals surface area contributed by atoms with Crippen molar-refractivity contribution in [2.75, 3.05) is 19.6 Å². The number of rotatable bonds is 1. The summed E-state index contributed by atoms with van der Waals surface area (Å²) in [6.07, 6.45) is 6.81. The highest BCUT2D eigenvalue weighted by atomic mass is 15.2. The molecule has 102 valence electrons. The van der Waals surface area contributed by atoms with Crippen molar-refractivity contribution in [2.45, 2.75) is 44.2 Å². The van der Waals surface area contributed by atoms with Gasteiger partial charge in [0.15, 0.2) is 0 Å². The van der Waals surface area contributed by atoms with E-state index in [1.165, 1.54) is 51.7 Å². The van der Waals surface area contributed by atoms with Gasteiger partial charge in [-0.2, -0.15) is 0 Å².